The van der Waals surface area contributed by atoms with Crippen LogP contribution in [0.25, 0.3) is 0 Å². The van der Waals surface area contributed by atoms with E-state index in [9.17, 15) is 19.5 Å². The van der Waals surface area contributed by atoms with Gasteiger partial charge in [-0.15, -0.1) is 0 Å². The van der Waals surface area contributed by atoms with E-state index in [0.29, 0.717) is 17.9 Å². The molecule has 0 spiro atoms. The molecule has 7 atom stereocenters. The lowest BCUT2D eigenvalue weighted by molar-refractivity contribution is -0.152. The van der Waals surface area contributed by atoms with Gasteiger partial charge in [-0.1, -0.05) is 42.3 Å². The third-order valence-corrected chi connectivity index (χ3v) is 8.93. The van der Waals surface area contributed by atoms with Crippen molar-refractivity contribution in [2.24, 2.45) is 5.92 Å². The molecule has 13 heteroatoms. The Bertz CT molecular complexity index is 1340. The monoisotopic (exact) mass is 635 g/mol. The first-order valence-corrected chi connectivity index (χ1v) is 14.9. The van der Waals surface area contributed by atoms with Crippen molar-refractivity contribution in [1.29, 1.82) is 0 Å². The van der Waals surface area contributed by atoms with E-state index in [1.807, 2.05) is 26.0 Å². The van der Waals surface area contributed by atoms with E-state index < -0.39 is 53.7 Å². The van der Waals surface area contributed by atoms with Crippen LogP contribution in [0.1, 0.15) is 39.2 Å². The zero-order valence-electron chi connectivity index (χ0n) is 26.1. The number of halogens is 1. The maximum atomic E-state index is 13.8. The van der Waals surface area contributed by atoms with Crippen LogP contribution in [-0.4, -0.2) is 93.7 Å². The highest BCUT2D eigenvalue weighted by Crippen LogP contribution is 2.49. The lowest BCUT2D eigenvalue weighted by Gasteiger charge is -2.42. The fraction of sp³-hybridized carbons (Fsp3) is 0.581. The summed E-state index contributed by atoms with van der Waals surface area (Å²) in [5.41, 5.74) is -0.624. The fourth-order valence-electron chi connectivity index (χ4n) is 5.95. The van der Waals surface area contributed by atoms with Crippen molar-refractivity contribution in [3.8, 4) is 5.75 Å². The fourth-order valence-corrected chi connectivity index (χ4v) is 6.26. The smallest absolute Gasteiger partial charge is 0.409 e. The number of carbonyl (C=O) groups excluding carboxylic acids is 3. The number of alkyl carbamates (subject to hydrolysis) is 1. The largest absolute Gasteiger partial charge is 0.495 e. The van der Waals surface area contributed by atoms with E-state index in [1.54, 1.807) is 39.2 Å². The number of rotatable bonds is 5. The van der Waals surface area contributed by atoms with E-state index in [-0.39, 0.29) is 30.3 Å². The first-order chi connectivity index (χ1) is 20.8. The van der Waals surface area contributed by atoms with Gasteiger partial charge >= 0.3 is 12.1 Å². The second-order valence-electron chi connectivity index (χ2n) is 11.8. The number of amides is 2. The van der Waals surface area contributed by atoms with Crippen LogP contribution in [0, 0.1) is 5.92 Å². The van der Waals surface area contributed by atoms with E-state index >= 15 is 0 Å². The lowest BCUT2D eigenvalue weighted by Crippen LogP contribution is -2.63. The number of likely N-dealkylation sites (N-methyl/N-ethyl adjacent to an activating group) is 1. The van der Waals surface area contributed by atoms with E-state index in [1.165, 1.54) is 19.1 Å². The van der Waals surface area contributed by atoms with Gasteiger partial charge in [-0.3, -0.25) is 14.9 Å². The lowest BCUT2D eigenvalue weighted by atomic mass is 9.83. The summed E-state index contributed by atoms with van der Waals surface area (Å²) in [6.45, 7) is 5.44. The van der Waals surface area contributed by atoms with Crippen molar-refractivity contribution in [2.75, 3.05) is 39.8 Å². The first kappa shape index (κ1) is 33.7. The average molecular weight is 636 g/mol. The van der Waals surface area contributed by atoms with Crippen LogP contribution < -0.4 is 20.3 Å². The highest BCUT2D eigenvalue weighted by Gasteiger charge is 2.64. The van der Waals surface area contributed by atoms with Crippen LogP contribution in [0.15, 0.2) is 35.9 Å². The van der Waals surface area contributed by atoms with E-state index in [0.717, 1.165) is 11.1 Å². The Labute approximate surface area is 262 Å². The van der Waals surface area contributed by atoms with Crippen molar-refractivity contribution in [3.63, 3.8) is 0 Å². The van der Waals surface area contributed by atoms with Gasteiger partial charge in [0, 0.05) is 26.5 Å². The van der Waals surface area contributed by atoms with Crippen molar-refractivity contribution < 1.29 is 43.2 Å². The van der Waals surface area contributed by atoms with Gasteiger partial charge in [-0.25, -0.2) is 4.79 Å². The summed E-state index contributed by atoms with van der Waals surface area (Å²) in [7, 11) is 6.16. The minimum absolute atomic E-state index is 0.00258. The molecule has 0 radical (unpaired) electrons. The molecule has 4 rings (SSSR count). The normalized spacial score (nSPS) is 34.5. The number of hydrogen-bond donors (Lipinski definition) is 3. The van der Waals surface area contributed by atoms with Crippen molar-refractivity contribution in [1.82, 2.24) is 10.6 Å². The topological polar surface area (TPSA) is 148 Å². The number of hydrogen-bond acceptors (Lipinski definition) is 10. The second kappa shape index (κ2) is 13.5. The molecule has 2 fully saturated rings. The van der Waals surface area contributed by atoms with Gasteiger partial charge in [-0.05, 0) is 45.0 Å². The number of anilines is 1. The van der Waals surface area contributed by atoms with Crippen molar-refractivity contribution in [3.05, 3.63) is 46.5 Å². The number of epoxide rings is 1. The number of nitrogens with one attached hydrogen (secondary N) is 2. The molecule has 242 valence electrons. The van der Waals surface area contributed by atoms with Gasteiger partial charge in [0.05, 0.1) is 31.9 Å². The maximum Gasteiger partial charge on any atom is 0.409 e. The number of allylic oxidation sites excluding steroid dienone is 3. The van der Waals surface area contributed by atoms with Crippen LogP contribution in [0.5, 0.6) is 5.75 Å². The summed E-state index contributed by atoms with van der Waals surface area (Å²) < 4.78 is 28.7. The van der Waals surface area contributed by atoms with Gasteiger partial charge in [0.1, 0.15) is 34.7 Å². The summed E-state index contributed by atoms with van der Waals surface area (Å²) >= 11 is 6.67. The molecule has 0 saturated carbocycles. The summed E-state index contributed by atoms with van der Waals surface area (Å²) in [6.07, 6.45) is 1.56. The predicted molar refractivity (Wildman–Crippen MR) is 163 cm³/mol. The molecule has 3 N–H and O–H groups in total. The molecule has 3 aliphatic rings. The molecule has 44 heavy (non-hydrogen) atoms. The Balaban J connectivity index is 1.79. The molecule has 0 aromatic heterocycles. The Hall–Kier alpha value is -3.16. The Kier molecular flexibility index (Phi) is 10.3. The van der Waals surface area contributed by atoms with Gasteiger partial charge < -0.3 is 39.0 Å². The number of aliphatic hydroxyl groups is 1. The highest BCUT2D eigenvalue weighted by atomic mass is 35.5. The van der Waals surface area contributed by atoms with Crippen LogP contribution in [0.2, 0.25) is 5.02 Å². The average Bonchev–Trinajstić information content (AvgIpc) is 3.66. The summed E-state index contributed by atoms with van der Waals surface area (Å²) in [4.78, 5) is 40.5. The third kappa shape index (κ3) is 7.05. The zero-order chi connectivity index (χ0) is 32.4. The number of carbonyl (C=O) groups is 3. The van der Waals surface area contributed by atoms with Gasteiger partial charge in [0.2, 0.25) is 5.91 Å². The first-order valence-electron chi connectivity index (χ1n) is 14.5. The number of benzene rings is 1. The molecule has 1 aromatic carbocycles. The van der Waals surface area contributed by atoms with Crippen LogP contribution in [0.4, 0.5) is 10.5 Å². The standard InChI is InChI=1S/C31H42ClN3O9/c1-17-9-8-10-23(41-7)31(39)15-22(42-29(38)34-31)18(2)28-30(3,44-28)24(43-26(37)16-33-4)14-25(36)35(5)20-12-19(11-17)13-21(40-6)27(20)32/h8-10,12-13,18,22-24,28,33,39H,11,14-16H2,1-7H3,(H,34,38)/b10-8+,17-9+/t18-,22+,23-,24+,28?,30+,31+/m1/s1. The third-order valence-electron chi connectivity index (χ3n) is 8.55. The highest BCUT2D eigenvalue weighted by molar-refractivity contribution is 6.35. The molecule has 12 nitrogen and oxygen atoms in total. The number of esters is 1. The SMILES string of the molecule is CNCC(=O)O[C@H]1CC(=O)N(C)c2cc(cc(OC)c2Cl)C/C(C)=C/C=C/[C@@H](OC)[C@@]2(O)C[C@H](OC(=O)N2)[C@@H](C)C2O[C@]21C. The van der Waals surface area contributed by atoms with Gasteiger partial charge in [0.15, 0.2) is 5.72 Å². The molecular weight excluding hydrogens is 594 g/mol. The molecule has 2 saturated heterocycles. The Morgan fingerprint density at radius 3 is 2.68 bits per heavy atom. The molecule has 4 bridgehead atoms. The van der Waals surface area contributed by atoms with E-state index in [2.05, 4.69) is 10.6 Å². The van der Waals surface area contributed by atoms with Gasteiger partial charge in [-0.2, -0.15) is 0 Å². The zero-order valence-corrected chi connectivity index (χ0v) is 26.9. The molecule has 3 heterocycles. The van der Waals surface area contributed by atoms with Gasteiger partial charge in [0.25, 0.3) is 0 Å². The predicted octanol–water partition coefficient (Wildman–Crippen LogP) is 2.89. The molecule has 2 amide bonds. The van der Waals surface area contributed by atoms with Crippen LogP contribution in [-0.2, 0) is 35.0 Å². The van der Waals surface area contributed by atoms with Crippen LogP contribution in [0.3, 0.4) is 0 Å². The summed E-state index contributed by atoms with van der Waals surface area (Å²) in [5.74, 6) is -0.968. The molecule has 3 aliphatic heterocycles. The molecular formula is C31H42ClN3O9. The molecule has 0 aliphatic carbocycles. The van der Waals surface area contributed by atoms with Crippen molar-refractivity contribution in [2.45, 2.75) is 75.8 Å². The quantitative estimate of drug-likeness (QED) is 0.326. The Morgan fingerprint density at radius 1 is 1.30 bits per heavy atom. The second-order valence-corrected chi connectivity index (χ2v) is 12.2. The van der Waals surface area contributed by atoms with Crippen molar-refractivity contribution >= 4 is 35.3 Å². The number of ether oxygens (including phenoxy) is 5. The summed E-state index contributed by atoms with van der Waals surface area (Å²) in [6, 6.07) is 3.62. The Morgan fingerprint density at radius 2 is 2.02 bits per heavy atom. The molecule has 1 aromatic rings. The van der Waals surface area contributed by atoms with E-state index in [4.69, 9.17) is 35.3 Å². The maximum absolute atomic E-state index is 13.8. The number of nitrogens with zero attached hydrogens (tertiary/aromatic N) is 1. The molecule has 1 unspecified atom stereocenters. The minimum Gasteiger partial charge on any atom is -0.495 e. The van der Waals surface area contributed by atoms with Crippen LogP contribution >= 0.6 is 11.6 Å². The summed E-state index contributed by atoms with van der Waals surface area (Å²) in [5, 5.41) is 17.1. The minimum atomic E-state index is -1.77. The number of fused-ring (bicyclic) bond motifs is 5. The number of methoxy groups -OCH3 is 2.